The third-order valence-corrected chi connectivity index (χ3v) is 4.07. The van der Waals surface area contributed by atoms with E-state index < -0.39 is 23.5 Å². The summed E-state index contributed by atoms with van der Waals surface area (Å²) in [7, 11) is 0. The highest BCUT2D eigenvalue weighted by Gasteiger charge is 2.31. The van der Waals surface area contributed by atoms with Crippen LogP contribution in [-0.2, 0) is 6.18 Å². The summed E-state index contributed by atoms with van der Waals surface area (Å²) in [4.78, 5) is 16.0. The number of nitrogens with one attached hydrogen (secondary N) is 1. The maximum Gasteiger partial charge on any atom is 0.416 e. The Labute approximate surface area is 131 Å². The van der Waals surface area contributed by atoms with E-state index in [9.17, 15) is 22.4 Å². The lowest BCUT2D eigenvalue weighted by Crippen LogP contribution is -2.12. The summed E-state index contributed by atoms with van der Waals surface area (Å²) < 4.78 is 51.9. The second-order valence-electron chi connectivity index (χ2n) is 4.63. The Bertz CT molecular complexity index is 889. The molecule has 1 amide bonds. The molecular weight excluding hydrogens is 332 g/mol. The SMILES string of the molecule is O=C(Nc1ccccc1F)c1nc2cc(C(F)(F)F)ccc2s1. The minimum absolute atomic E-state index is 0.0206. The third kappa shape index (κ3) is 3.16. The molecule has 0 saturated heterocycles. The molecule has 1 N–H and O–H groups in total. The largest absolute Gasteiger partial charge is 0.416 e. The van der Waals surface area contributed by atoms with Crippen LogP contribution in [0, 0.1) is 5.82 Å². The highest BCUT2D eigenvalue weighted by molar-refractivity contribution is 7.20. The van der Waals surface area contributed by atoms with Crippen molar-refractivity contribution in [3.63, 3.8) is 0 Å². The van der Waals surface area contributed by atoms with E-state index in [2.05, 4.69) is 10.3 Å². The number of hydrogen-bond acceptors (Lipinski definition) is 3. The van der Waals surface area contributed by atoms with E-state index in [0.717, 1.165) is 23.5 Å². The van der Waals surface area contributed by atoms with Crippen molar-refractivity contribution in [3.8, 4) is 0 Å². The van der Waals surface area contributed by atoms with Gasteiger partial charge in [-0.2, -0.15) is 13.2 Å². The lowest BCUT2D eigenvalue weighted by molar-refractivity contribution is -0.137. The Morgan fingerprint density at radius 1 is 1.13 bits per heavy atom. The predicted octanol–water partition coefficient (Wildman–Crippen LogP) is 4.71. The molecule has 118 valence electrons. The standard InChI is InChI=1S/C15H8F4N2OS/c16-9-3-1-2-4-10(9)20-13(22)14-21-11-7-8(15(17,18)19)5-6-12(11)23-14/h1-7H,(H,20,22). The molecule has 3 aromatic rings. The fourth-order valence-electron chi connectivity index (χ4n) is 1.94. The number of halogens is 4. The third-order valence-electron chi connectivity index (χ3n) is 3.03. The first-order valence-electron chi connectivity index (χ1n) is 6.38. The van der Waals surface area contributed by atoms with Gasteiger partial charge in [0.15, 0.2) is 5.01 Å². The van der Waals surface area contributed by atoms with Crippen molar-refractivity contribution < 1.29 is 22.4 Å². The van der Waals surface area contributed by atoms with E-state index >= 15 is 0 Å². The van der Waals surface area contributed by atoms with Crippen LogP contribution in [0.3, 0.4) is 0 Å². The minimum atomic E-state index is -4.48. The van der Waals surface area contributed by atoms with Gasteiger partial charge in [-0.3, -0.25) is 4.79 Å². The summed E-state index contributed by atoms with van der Waals surface area (Å²) >= 11 is 0.937. The molecule has 1 aromatic heterocycles. The van der Waals surface area contributed by atoms with Crippen molar-refractivity contribution in [2.75, 3.05) is 5.32 Å². The van der Waals surface area contributed by atoms with Gasteiger partial charge in [0, 0.05) is 0 Å². The number of hydrogen-bond donors (Lipinski definition) is 1. The van der Waals surface area contributed by atoms with Crippen LogP contribution in [0.4, 0.5) is 23.2 Å². The van der Waals surface area contributed by atoms with Gasteiger partial charge in [0.2, 0.25) is 0 Å². The van der Waals surface area contributed by atoms with Crippen LogP contribution < -0.4 is 5.32 Å². The van der Waals surface area contributed by atoms with Gasteiger partial charge in [0.1, 0.15) is 5.82 Å². The van der Waals surface area contributed by atoms with E-state index in [0.29, 0.717) is 4.70 Å². The average Bonchev–Trinajstić information content (AvgIpc) is 2.92. The Morgan fingerprint density at radius 3 is 2.57 bits per heavy atom. The van der Waals surface area contributed by atoms with Gasteiger partial charge >= 0.3 is 6.18 Å². The summed E-state index contributed by atoms with van der Waals surface area (Å²) in [6, 6.07) is 8.65. The second-order valence-corrected chi connectivity index (χ2v) is 5.66. The molecule has 0 aliphatic rings. The highest BCUT2D eigenvalue weighted by atomic mass is 32.1. The number of rotatable bonds is 2. The fourth-order valence-corrected chi connectivity index (χ4v) is 2.78. The number of carbonyl (C=O) groups is 1. The monoisotopic (exact) mass is 340 g/mol. The molecule has 0 aliphatic heterocycles. The molecule has 0 bridgehead atoms. The number of anilines is 1. The molecule has 3 rings (SSSR count). The molecule has 23 heavy (non-hydrogen) atoms. The van der Waals surface area contributed by atoms with Crippen LogP contribution >= 0.6 is 11.3 Å². The van der Waals surface area contributed by atoms with Gasteiger partial charge in [0.25, 0.3) is 5.91 Å². The number of thiazole rings is 1. The van der Waals surface area contributed by atoms with E-state index in [4.69, 9.17) is 0 Å². The van der Waals surface area contributed by atoms with Gasteiger partial charge in [-0.1, -0.05) is 12.1 Å². The van der Waals surface area contributed by atoms with Crippen LogP contribution in [-0.4, -0.2) is 10.9 Å². The average molecular weight is 340 g/mol. The molecule has 3 nitrogen and oxygen atoms in total. The zero-order chi connectivity index (χ0) is 16.6. The number of nitrogens with zero attached hydrogens (tertiary/aromatic N) is 1. The summed E-state index contributed by atoms with van der Waals surface area (Å²) in [5.41, 5.74) is -0.785. The van der Waals surface area contributed by atoms with Gasteiger partial charge in [-0.15, -0.1) is 11.3 Å². The van der Waals surface area contributed by atoms with Crippen molar-refractivity contribution in [3.05, 3.63) is 58.9 Å². The van der Waals surface area contributed by atoms with Crippen LogP contribution in [0.25, 0.3) is 10.2 Å². The zero-order valence-corrected chi connectivity index (χ0v) is 12.1. The number of para-hydroxylation sites is 1. The molecule has 0 fully saturated rings. The molecule has 1 heterocycles. The lowest BCUT2D eigenvalue weighted by atomic mass is 10.2. The first-order valence-corrected chi connectivity index (χ1v) is 7.20. The fraction of sp³-hybridized carbons (Fsp3) is 0.0667. The molecule has 0 atom stereocenters. The second kappa shape index (κ2) is 5.62. The maximum absolute atomic E-state index is 13.5. The number of amides is 1. The maximum atomic E-state index is 13.5. The number of benzene rings is 2. The zero-order valence-electron chi connectivity index (χ0n) is 11.3. The van der Waals surface area contributed by atoms with Crippen LogP contribution in [0.5, 0.6) is 0 Å². The van der Waals surface area contributed by atoms with E-state index in [1.54, 1.807) is 6.07 Å². The highest BCUT2D eigenvalue weighted by Crippen LogP contribution is 2.33. The van der Waals surface area contributed by atoms with Gasteiger partial charge in [0.05, 0.1) is 21.5 Å². The molecule has 0 saturated carbocycles. The first-order chi connectivity index (χ1) is 10.8. The Morgan fingerprint density at radius 2 is 1.87 bits per heavy atom. The van der Waals surface area contributed by atoms with Crippen molar-refractivity contribution >= 4 is 33.1 Å². The Kier molecular flexibility index (Phi) is 3.77. The van der Waals surface area contributed by atoms with Crippen LogP contribution in [0.2, 0.25) is 0 Å². The van der Waals surface area contributed by atoms with Crippen molar-refractivity contribution in [1.29, 1.82) is 0 Å². The van der Waals surface area contributed by atoms with Crippen molar-refractivity contribution in [2.45, 2.75) is 6.18 Å². The number of alkyl halides is 3. The molecule has 0 unspecified atom stereocenters. The molecular formula is C15H8F4N2OS. The summed E-state index contributed by atoms with van der Waals surface area (Å²) in [6.07, 6.45) is -4.48. The number of carbonyl (C=O) groups excluding carboxylic acids is 1. The normalized spacial score (nSPS) is 11.7. The Balaban J connectivity index is 1.91. The van der Waals surface area contributed by atoms with E-state index in [1.807, 2.05) is 0 Å². The van der Waals surface area contributed by atoms with Gasteiger partial charge in [-0.05, 0) is 30.3 Å². The molecule has 2 aromatic carbocycles. The van der Waals surface area contributed by atoms with Gasteiger partial charge < -0.3 is 5.32 Å². The van der Waals surface area contributed by atoms with Gasteiger partial charge in [-0.25, -0.2) is 9.37 Å². The van der Waals surface area contributed by atoms with Crippen LogP contribution in [0.15, 0.2) is 42.5 Å². The molecule has 8 heteroatoms. The lowest BCUT2D eigenvalue weighted by Gasteiger charge is -2.04. The smallest absolute Gasteiger partial charge is 0.317 e. The number of aromatic nitrogens is 1. The summed E-state index contributed by atoms with van der Waals surface area (Å²) in [6.45, 7) is 0. The minimum Gasteiger partial charge on any atom is -0.317 e. The molecule has 0 aliphatic carbocycles. The summed E-state index contributed by atoms with van der Waals surface area (Å²) in [5.74, 6) is -1.29. The topological polar surface area (TPSA) is 42.0 Å². The number of fused-ring (bicyclic) bond motifs is 1. The Hall–Kier alpha value is -2.48. The van der Waals surface area contributed by atoms with Crippen LogP contribution in [0.1, 0.15) is 15.4 Å². The van der Waals surface area contributed by atoms with E-state index in [-0.39, 0.29) is 16.2 Å². The first kappa shape index (κ1) is 15.4. The quantitative estimate of drug-likeness (QED) is 0.687. The molecule has 0 spiro atoms. The van der Waals surface area contributed by atoms with Crippen molar-refractivity contribution in [1.82, 2.24) is 4.98 Å². The summed E-state index contributed by atoms with van der Waals surface area (Å²) in [5, 5.41) is 2.30. The predicted molar refractivity (Wildman–Crippen MR) is 79.0 cm³/mol. The van der Waals surface area contributed by atoms with Crippen molar-refractivity contribution in [2.24, 2.45) is 0 Å². The molecule has 0 radical (unpaired) electrons. The van der Waals surface area contributed by atoms with E-state index in [1.165, 1.54) is 24.3 Å².